The van der Waals surface area contributed by atoms with E-state index in [-0.39, 0.29) is 5.75 Å². The molecule has 0 heterocycles. The van der Waals surface area contributed by atoms with Crippen LogP contribution in [0.5, 0.6) is 11.5 Å². The molecule has 0 fully saturated rings. The van der Waals surface area contributed by atoms with Crippen LogP contribution in [0.2, 0.25) is 0 Å². The van der Waals surface area contributed by atoms with Crippen molar-refractivity contribution in [3.8, 4) is 11.5 Å². The molecule has 0 saturated heterocycles. The van der Waals surface area contributed by atoms with Crippen molar-refractivity contribution in [1.82, 2.24) is 0 Å². The first-order valence-electron chi connectivity index (χ1n) is 6.27. The highest BCUT2D eigenvalue weighted by Crippen LogP contribution is 2.24. The molecule has 5 nitrogen and oxygen atoms in total. The first-order chi connectivity index (χ1) is 10.1. The number of nitrogen functional groups attached to an aromatic ring is 1. The summed E-state index contributed by atoms with van der Waals surface area (Å²) in [5.41, 5.74) is 7.88. The van der Waals surface area contributed by atoms with Crippen LogP contribution in [-0.2, 0) is 0 Å². The highest BCUT2D eigenvalue weighted by atomic mass is 16.5. The molecular weight excluding hydrogens is 268 g/mol. The average Bonchev–Trinajstić information content (AvgIpc) is 2.51. The third kappa shape index (κ3) is 3.54. The van der Waals surface area contributed by atoms with E-state index in [1.807, 2.05) is 0 Å². The maximum Gasteiger partial charge on any atom is 0.123 e. The number of anilines is 1. The number of nitrogens with zero attached hydrogens (tertiary/aromatic N) is 1. The summed E-state index contributed by atoms with van der Waals surface area (Å²) in [5.74, 6) is 0.740. The molecule has 0 radical (unpaired) electrons. The summed E-state index contributed by atoms with van der Waals surface area (Å²) in [4.78, 5) is 0. The molecule has 108 valence electrons. The minimum atomic E-state index is 0.113. The van der Waals surface area contributed by atoms with Crippen molar-refractivity contribution in [1.29, 1.82) is 0 Å². The second-order valence-electron chi connectivity index (χ2n) is 4.37. The normalized spacial score (nSPS) is 11.8. The Morgan fingerprint density at radius 3 is 2.52 bits per heavy atom. The van der Waals surface area contributed by atoms with Crippen LogP contribution in [-0.4, -0.2) is 23.1 Å². The van der Waals surface area contributed by atoms with Crippen LogP contribution in [0.1, 0.15) is 11.1 Å². The number of hydrogen-bond acceptors (Lipinski definition) is 5. The lowest BCUT2D eigenvalue weighted by Gasteiger charge is -2.04. The van der Waals surface area contributed by atoms with Crippen LogP contribution < -0.4 is 10.5 Å². The SMILES string of the molecule is COc1ccc(O)c(C=CC(=NO)c2ccc(N)cc2)c1. The Morgan fingerprint density at radius 1 is 1.19 bits per heavy atom. The standard InChI is InChI=1S/C16H16N2O3/c1-21-14-7-9-16(19)12(10-14)4-8-15(18-20)11-2-5-13(17)6-3-11/h2-10,19-20H,17H2,1H3. The number of aromatic hydroxyl groups is 1. The third-order valence-corrected chi connectivity index (χ3v) is 2.97. The van der Waals surface area contributed by atoms with Crippen LogP contribution in [0, 0.1) is 0 Å². The van der Waals surface area contributed by atoms with Crippen molar-refractivity contribution in [3.63, 3.8) is 0 Å². The van der Waals surface area contributed by atoms with E-state index in [2.05, 4.69) is 5.16 Å². The van der Waals surface area contributed by atoms with Gasteiger partial charge < -0.3 is 20.8 Å². The van der Waals surface area contributed by atoms with E-state index in [1.165, 1.54) is 6.07 Å². The van der Waals surface area contributed by atoms with Gasteiger partial charge in [0.25, 0.3) is 0 Å². The minimum Gasteiger partial charge on any atom is -0.507 e. The van der Waals surface area contributed by atoms with E-state index in [1.54, 1.807) is 55.7 Å². The lowest BCUT2D eigenvalue weighted by molar-refractivity contribution is 0.320. The zero-order chi connectivity index (χ0) is 15.2. The van der Waals surface area contributed by atoms with Gasteiger partial charge in [-0.15, -0.1) is 0 Å². The molecule has 5 heteroatoms. The van der Waals surface area contributed by atoms with Gasteiger partial charge in [0, 0.05) is 16.8 Å². The van der Waals surface area contributed by atoms with Crippen LogP contribution in [0.25, 0.3) is 6.08 Å². The molecular formula is C16H16N2O3. The second-order valence-corrected chi connectivity index (χ2v) is 4.37. The molecule has 0 aliphatic heterocycles. The fourth-order valence-electron chi connectivity index (χ4n) is 1.80. The molecule has 2 aromatic carbocycles. The highest BCUT2D eigenvalue weighted by Gasteiger charge is 2.03. The van der Waals surface area contributed by atoms with Crippen molar-refractivity contribution in [2.24, 2.45) is 5.16 Å². The smallest absolute Gasteiger partial charge is 0.123 e. The van der Waals surface area contributed by atoms with Crippen LogP contribution in [0.4, 0.5) is 5.69 Å². The molecule has 4 N–H and O–H groups in total. The van der Waals surface area contributed by atoms with Gasteiger partial charge in [0.05, 0.1) is 7.11 Å². The van der Waals surface area contributed by atoms with Crippen molar-refractivity contribution >= 4 is 17.5 Å². The predicted octanol–water partition coefficient (Wildman–Crippen LogP) is 2.87. The molecule has 0 unspecified atom stereocenters. The fraction of sp³-hybridized carbons (Fsp3) is 0.0625. The molecule has 2 rings (SSSR count). The number of oxime groups is 1. The lowest BCUT2D eigenvalue weighted by atomic mass is 10.1. The summed E-state index contributed by atoms with van der Waals surface area (Å²) in [6.45, 7) is 0. The van der Waals surface area contributed by atoms with E-state index in [0.717, 1.165) is 0 Å². The van der Waals surface area contributed by atoms with Crippen molar-refractivity contribution < 1.29 is 15.1 Å². The molecule has 0 spiro atoms. The molecule has 0 bridgehead atoms. The van der Waals surface area contributed by atoms with Gasteiger partial charge in [0.15, 0.2) is 0 Å². The number of methoxy groups -OCH3 is 1. The molecule has 0 saturated carbocycles. The van der Waals surface area contributed by atoms with Gasteiger partial charge in [-0.2, -0.15) is 0 Å². The van der Waals surface area contributed by atoms with E-state index < -0.39 is 0 Å². The van der Waals surface area contributed by atoms with E-state index in [4.69, 9.17) is 15.7 Å². The van der Waals surface area contributed by atoms with E-state index >= 15 is 0 Å². The molecule has 0 aliphatic rings. The number of benzene rings is 2. The third-order valence-electron chi connectivity index (χ3n) is 2.97. The molecule has 0 aromatic heterocycles. The number of phenolic OH excluding ortho intramolecular Hbond substituents is 1. The summed E-state index contributed by atoms with van der Waals surface area (Å²) in [7, 11) is 1.55. The average molecular weight is 284 g/mol. The zero-order valence-electron chi connectivity index (χ0n) is 11.5. The van der Waals surface area contributed by atoms with Gasteiger partial charge in [-0.05, 0) is 42.5 Å². The van der Waals surface area contributed by atoms with Gasteiger partial charge in [0.2, 0.25) is 0 Å². The maximum absolute atomic E-state index is 9.80. The van der Waals surface area contributed by atoms with Gasteiger partial charge >= 0.3 is 0 Å². The van der Waals surface area contributed by atoms with Crippen molar-refractivity contribution in [2.45, 2.75) is 0 Å². The number of rotatable bonds is 4. The largest absolute Gasteiger partial charge is 0.507 e. The predicted molar refractivity (Wildman–Crippen MR) is 82.9 cm³/mol. The quantitative estimate of drug-likeness (QED) is 0.348. The Kier molecular flexibility index (Phi) is 4.46. The zero-order valence-corrected chi connectivity index (χ0v) is 11.5. The Labute approximate surface area is 122 Å². The number of nitrogens with two attached hydrogens (primary N) is 1. The first-order valence-corrected chi connectivity index (χ1v) is 6.27. The van der Waals surface area contributed by atoms with Gasteiger partial charge in [-0.25, -0.2) is 0 Å². The molecule has 0 amide bonds. The monoisotopic (exact) mass is 284 g/mol. The molecule has 21 heavy (non-hydrogen) atoms. The van der Waals surface area contributed by atoms with Gasteiger partial charge in [-0.3, -0.25) is 0 Å². The maximum atomic E-state index is 9.80. The van der Waals surface area contributed by atoms with Crippen molar-refractivity contribution in [2.75, 3.05) is 12.8 Å². The molecule has 0 aliphatic carbocycles. The Balaban J connectivity index is 2.28. The number of ether oxygens (including phenoxy) is 1. The Hall–Kier alpha value is -2.95. The molecule has 0 atom stereocenters. The van der Waals surface area contributed by atoms with Crippen molar-refractivity contribution in [3.05, 3.63) is 59.7 Å². The summed E-state index contributed by atoms with van der Waals surface area (Å²) in [6, 6.07) is 11.8. The van der Waals surface area contributed by atoms with Crippen LogP contribution in [0.3, 0.4) is 0 Å². The summed E-state index contributed by atoms with van der Waals surface area (Å²) < 4.78 is 5.10. The lowest BCUT2D eigenvalue weighted by Crippen LogP contribution is -1.97. The van der Waals surface area contributed by atoms with E-state index in [9.17, 15) is 5.11 Å². The van der Waals surface area contributed by atoms with Gasteiger partial charge in [0.1, 0.15) is 17.2 Å². The van der Waals surface area contributed by atoms with Crippen LogP contribution >= 0.6 is 0 Å². The number of phenols is 1. The fourth-order valence-corrected chi connectivity index (χ4v) is 1.80. The van der Waals surface area contributed by atoms with Gasteiger partial charge in [-0.1, -0.05) is 17.3 Å². The second kappa shape index (κ2) is 6.47. The number of allylic oxidation sites excluding steroid dienone is 1. The summed E-state index contributed by atoms with van der Waals surface area (Å²) in [5, 5.41) is 22.2. The highest BCUT2D eigenvalue weighted by molar-refractivity contribution is 6.10. The van der Waals surface area contributed by atoms with E-state index in [0.29, 0.717) is 28.3 Å². The minimum absolute atomic E-state index is 0.113. The Morgan fingerprint density at radius 2 is 1.90 bits per heavy atom. The summed E-state index contributed by atoms with van der Waals surface area (Å²) >= 11 is 0. The Bertz CT molecular complexity index is 676. The topological polar surface area (TPSA) is 88.1 Å². The summed E-state index contributed by atoms with van der Waals surface area (Å²) in [6.07, 6.45) is 3.24. The molecule has 2 aromatic rings. The number of hydrogen-bond donors (Lipinski definition) is 3. The first kappa shape index (κ1) is 14.5. The van der Waals surface area contributed by atoms with Crippen LogP contribution in [0.15, 0.2) is 53.7 Å².